The Morgan fingerprint density at radius 2 is 1.94 bits per heavy atom. The Labute approximate surface area is 98.9 Å². The summed E-state index contributed by atoms with van der Waals surface area (Å²) >= 11 is 0. The van der Waals surface area contributed by atoms with Crippen molar-refractivity contribution in [3.63, 3.8) is 0 Å². The van der Waals surface area contributed by atoms with Gasteiger partial charge in [-0.15, -0.1) is 0 Å². The van der Waals surface area contributed by atoms with Crippen molar-refractivity contribution in [3.05, 3.63) is 0 Å². The zero-order chi connectivity index (χ0) is 12.4. The fourth-order valence-corrected chi connectivity index (χ4v) is 2.57. The van der Waals surface area contributed by atoms with Crippen LogP contribution in [0.5, 0.6) is 0 Å². The van der Waals surface area contributed by atoms with Crippen LogP contribution in [0.15, 0.2) is 0 Å². The molecule has 0 aromatic rings. The first-order valence-corrected chi connectivity index (χ1v) is 6.13. The number of carbonyl (C=O) groups excluding carboxylic acids is 1. The van der Waals surface area contributed by atoms with Crippen LogP contribution in [0, 0.1) is 5.41 Å². The summed E-state index contributed by atoms with van der Waals surface area (Å²) in [5.74, 6) is 0.0479. The Balaban J connectivity index is 2.48. The molecular formula is C13H25NO2. The maximum Gasteiger partial charge on any atom is 0.249 e. The second-order valence-electron chi connectivity index (χ2n) is 6.61. The quantitative estimate of drug-likeness (QED) is 0.804. The first-order chi connectivity index (χ1) is 7.20. The van der Waals surface area contributed by atoms with E-state index in [1.807, 2.05) is 0 Å². The van der Waals surface area contributed by atoms with E-state index in [-0.39, 0.29) is 23.0 Å². The number of amides is 1. The minimum Gasteiger partial charge on any atom is -0.368 e. The summed E-state index contributed by atoms with van der Waals surface area (Å²) in [6, 6.07) is 0. The predicted molar refractivity (Wildman–Crippen MR) is 65.3 cm³/mol. The summed E-state index contributed by atoms with van der Waals surface area (Å²) in [7, 11) is 0. The normalized spacial score (nSPS) is 22.2. The van der Waals surface area contributed by atoms with Crippen LogP contribution >= 0.6 is 0 Å². The molecule has 0 aromatic carbocycles. The summed E-state index contributed by atoms with van der Waals surface area (Å²) in [4.78, 5) is 11.9. The van der Waals surface area contributed by atoms with Gasteiger partial charge in [0.25, 0.3) is 0 Å². The van der Waals surface area contributed by atoms with Gasteiger partial charge in [-0.1, -0.05) is 20.8 Å². The SMILES string of the molecule is CC(C)(C)CC(C)(C)NC(=O)C1CCCO1. The molecule has 0 spiro atoms. The molecule has 1 unspecified atom stereocenters. The van der Waals surface area contributed by atoms with Crippen molar-refractivity contribution in [1.82, 2.24) is 5.32 Å². The van der Waals surface area contributed by atoms with Gasteiger partial charge >= 0.3 is 0 Å². The average molecular weight is 227 g/mol. The lowest BCUT2D eigenvalue weighted by atomic mass is 9.81. The van der Waals surface area contributed by atoms with E-state index in [9.17, 15) is 4.79 Å². The number of carbonyl (C=O) groups is 1. The van der Waals surface area contributed by atoms with Crippen molar-refractivity contribution in [2.75, 3.05) is 6.61 Å². The van der Waals surface area contributed by atoms with Crippen LogP contribution in [0.2, 0.25) is 0 Å². The summed E-state index contributed by atoms with van der Waals surface area (Å²) in [5.41, 5.74) is 0.0502. The molecule has 1 heterocycles. The molecule has 1 atom stereocenters. The van der Waals surface area contributed by atoms with E-state index in [0.29, 0.717) is 0 Å². The summed E-state index contributed by atoms with van der Waals surface area (Å²) < 4.78 is 5.38. The smallest absolute Gasteiger partial charge is 0.249 e. The third-order valence-corrected chi connectivity index (χ3v) is 2.66. The zero-order valence-electron chi connectivity index (χ0n) is 11.2. The molecule has 16 heavy (non-hydrogen) atoms. The van der Waals surface area contributed by atoms with Gasteiger partial charge in [-0.2, -0.15) is 0 Å². The zero-order valence-corrected chi connectivity index (χ0v) is 11.2. The molecular weight excluding hydrogens is 202 g/mol. The van der Waals surface area contributed by atoms with Crippen molar-refractivity contribution in [2.24, 2.45) is 5.41 Å². The Morgan fingerprint density at radius 3 is 2.38 bits per heavy atom. The van der Waals surface area contributed by atoms with Crippen LogP contribution < -0.4 is 5.32 Å². The first kappa shape index (κ1) is 13.5. The van der Waals surface area contributed by atoms with Gasteiger partial charge in [0.1, 0.15) is 6.10 Å². The van der Waals surface area contributed by atoms with Crippen LogP contribution in [0.25, 0.3) is 0 Å². The second kappa shape index (κ2) is 4.74. The van der Waals surface area contributed by atoms with Crippen LogP contribution in [0.3, 0.4) is 0 Å². The van der Waals surface area contributed by atoms with E-state index >= 15 is 0 Å². The maximum atomic E-state index is 11.9. The third kappa shape index (κ3) is 4.52. The Bertz CT molecular complexity index is 247. The molecule has 1 N–H and O–H groups in total. The topological polar surface area (TPSA) is 38.3 Å². The molecule has 1 aliphatic rings. The van der Waals surface area contributed by atoms with Crippen molar-refractivity contribution >= 4 is 5.91 Å². The molecule has 0 aromatic heterocycles. The van der Waals surface area contributed by atoms with E-state index < -0.39 is 0 Å². The van der Waals surface area contributed by atoms with Crippen LogP contribution in [-0.2, 0) is 9.53 Å². The van der Waals surface area contributed by atoms with Crippen molar-refractivity contribution in [1.29, 1.82) is 0 Å². The lowest BCUT2D eigenvalue weighted by Crippen LogP contribution is -2.49. The number of rotatable bonds is 3. The Morgan fingerprint density at radius 1 is 1.31 bits per heavy atom. The van der Waals surface area contributed by atoms with Gasteiger partial charge in [0.2, 0.25) is 5.91 Å². The number of ether oxygens (including phenoxy) is 1. The van der Waals surface area contributed by atoms with E-state index in [2.05, 4.69) is 39.9 Å². The van der Waals surface area contributed by atoms with E-state index in [1.54, 1.807) is 0 Å². The number of hydrogen-bond donors (Lipinski definition) is 1. The minimum absolute atomic E-state index is 0.0479. The molecule has 94 valence electrons. The van der Waals surface area contributed by atoms with Gasteiger partial charge in [0.05, 0.1) is 0 Å². The molecule has 0 radical (unpaired) electrons. The molecule has 0 bridgehead atoms. The van der Waals surface area contributed by atoms with Crippen LogP contribution in [-0.4, -0.2) is 24.2 Å². The minimum atomic E-state index is -0.223. The third-order valence-electron chi connectivity index (χ3n) is 2.66. The van der Waals surface area contributed by atoms with Gasteiger partial charge in [-0.25, -0.2) is 0 Å². The average Bonchev–Trinajstić information content (AvgIpc) is 2.48. The van der Waals surface area contributed by atoms with E-state index in [1.165, 1.54) is 0 Å². The first-order valence-electron chi connectivity index (χ1n) is 6.13. The van der Waals surface area contributed by atoms with Gasteiger partial charge in [0.15, 0.2) is 0 Å². The summed E-state index contributed by atoms with van der Waals surface area (Å²) in [5, 5.41) is 3.09. The van der Waals surface area contributed by atoms with Crippen LogP contribution in [0.1, 0.15) is 53.9 Å². The highest BCUT2D eigenvalue weighted by atomic mass is 16.5. The Kier molecular flexibility index (Phi) is 4.00. The molecule has 1 rings (SSSR count). The highest BCUT2D eigenvalue weighted by Gasteiger charge is 2.31. The lowest BCUT2D eigenvalue weighted by molar-refractivity contribution is -0.132. The molecule has 3 heteroatoms. The molecule has 1 fully saturated rings. The van der Waals surface area contributed by atoms with Gasteiger partial charge < -0.3 is 10.1 Å². The molecule has 1 saturated heterocycles. The van der Waals surface area contributed by atoms with Gasteiger partial charge in [0, 0.05) is 12.1 Å². The molecule has 0 aliphatic carbocycles. The predicted octanol–water partition coefficient (Wildman–Crippen LogP) is 2.50. The standard InChI is InChI=1S/C13H25NO2/c1-12(2,3)9-13(4,5)14-11(15)10-7-6-8-16-10/h10H,6-9H2,1-5H3,(H,14,15). The van der Waals surface area contributed by atoms with Crippen molar-refractivity contribution in [2.45, 2.75) is 65.5 Å². The van der Waals surface area contributed by atoms with Crippen molar-refractivity contribution < 1.29 is 9.53 Å². The number of nitrogens with one attached hydrogen (secondary N) is 1. The summed E-state index contributed by atoms with van der Waals surface area (Å²) in [6.45, 7) is 11.4. The fourth-order valence-electron chi connectivity index (χ4n) is 2.57. The molecule has 0 saturated carbocycles. The molecule has 1 aliphatic heterocycles. The second-order valence-corrected chi connectivity index (χ2v) is 6.61. The van der Waals surface area contributed by atoms with Gasteiger partial charge in [-0.3, -0.25) is 4.79 Å². The highest BCUT2D eigenvalue weighted by molar-refractivity contribution is 5.81. The highest BCUT2D eigenvalue weighted by Crippen LogP contribution is 2.27. The lowest BCUT2D eigenvalue weighted by Gasteiger charge is -2.34. The van der Waals surface area contributed by atoms with E-state index in [0.717, 1.165) is 25.9 Å². The fraction of sp³-hybridized carbons (Fsp3) is 0.923. The monoisotopic (exact) mass is 227 g/mol. The van der Waals surface area contributed by atoms with E-state index in [4.69, 9.17) is 4.74 Å². The Hall–Kier alpha value is -0.570. The number of hydrogen-bond acceptors (Lipinski definition) is 2. The van der Waals surface area contributed by atoms with Crippen molar-refractivity contribution in [3.8, 4) is 0 Å². The molecule has 1 amide bonds. The molecule has 3 nitrogen and oxygen atoms in total. The summed E-state index contributed by atoms with van der Waals surface area (Å²) in [6.07, 6.45) is 2.59. The largest absolute Gasteiger partial charge is 0.368 e. The van der Waals surface area contributed by atoms with Gasteiger partial charge in [-0.05, 0) is 38.5 Å². The maximum absolute atomic E-state index is 11.9. The van der Waals surface area contributed by atoms with Crippen LogP contribution in [0.4, 0.5) is 0 Å².